The van der Waals surface area contributed by atoms with Gasteiger partial charge in [0.15, 0.2) is 0 Å². The van der Waals surface area contributed by atoms with E-state index in [2.05, 4.69) is 17.4 Å². The summed E-state index contributed by atoms with van der Waals surface area (Å²) in [5.74, 6) is -1.21. The van der Waals surface area contributed by atoms with Gasteiger partial charge in [0.05, 0.1) is 11.8 Å². The molecule has 2 aliphatic rings. The first-order valence-corrected chi connectivity index (χ1v) is 8.22. The van der Waals surface area contributed by atoms with Gasteiger partial charge in [-0.05, 0) is 37.2 Å². The maximum Gasteiger partial charge on any atom is 0.307 e. The molecule has 3 rings (SSSR count). The minimum Gasteiger partial charge on any atom is -0.481 e. The van der Waals surface area contributed by atoms with E-state index in [1.54, 1.807) is 0 Å². The maximum absolute atomic E-state index is 12.2. The third-order valence-electron chi connectivity index (χ3n) is 5.02. The number of benzene rings is 1. The number of nitrogens with one attached hydrogen (secondary N) is 1. The lowest BCUT2D eigenvalue weighted by Crippen LogP contribution is -2.43. The second-order valence-corrected chi connectivity index (χ2v) is 6.64. The van der Waals surface area contributed by atoms with Gasteiger partial charge in [-0.1, -0.05) is 43.2 Å². The van der Waals surface area contributed by atoms with Gasteiger partial charge < -0.3 is 10.4 Å². The van der Waals surface area contributed by atoms with Gasteiger partial charge in [0.25, 0.3) is 0 Å². The zero-order chi connectivity index (χ0) is 15.5. The Hall–Kier alpha value is -1.84. The molecular weight excluding hydrogens is 278 g/mol. The summed E-state index contributed by atoms with van der Waals surface area (Å²) in [6, 6.07) is 10.6. The Bertz CT molecular complexity index is 543. The number of rotatable bonds is 5. The number of hydrogen-bond acceptors (Lipinski definition) is 2. The molecule has 0 heterocycles. The van der Waals surface area contributed by atoms with Crippen LogP contribution in [0.1, 0.15) is 37.7 Å². The molecule has 2 aliphatic carbocycles. The van der Waals surface area contributed by atoms with Crippen molar-refractivity contribution in [2.75, 3.05) is 0 Å². The van der Waals surface area contributed by atoms with Gasteiger partial charge in [0.1, 0.15) is 0 Å². The normalized spacial score (nSPS) is 30.5. The first-order valence-electron chi connectivity index (χ1n) is 8.22. The fourth-order valence-corrected chi connectivity index (χ4v) is 3.61. The number of hydrogen-bond donors (Lipinski definition) is 2. The smallest absolute Gasteiger partial charge is 0.307 e. The Morgan fingerprint density at radius 3 is 2.50 bits per heavy atom. The quantitative estimate of drug-likeness (QED) is 0.878. The summed E-state index contributed by atoms with van der Waals surface area (Å²) < 4.78 is 0. The topological polar surface area (TPSA) is 66.4 Å². The summed E-state index contributed by atoms with van der Waals surface area (Å²) in [5.41, 5.74) is 1.31. The second-order valence-electron chi connectivity index (χ2n) is 6.64. The Morgan fingerprint density at radius 1 is 1.09 bits per heavy atom. The van der Waals surface area contributed by atoms with Gasteiger partial charge in [-0.2, -0.15) is 0 Å². The summed E-state index contributed by atoms with van der Waals surface area (Å²) in [6.07, 6.45) is 5.98. The molecule has 2 saturated carbocycles. The third kappa shape index (κ3) is 3.49. The molecular formula is C18H23NO3. The molecule has 1 aromatic rings. The van der Waals surface area contributed by atoms with Crippen LogP contribution in [0.3, 0.4) is 0 Å². The van der Waals surface area contributed by atoms with Crippen LogP contribution in [0.15, 0.2) is 30.3 Å². The van der Waals surface area contributed by atoms with Crippen molar-refractivity contribution in [1.82, 2.24) is 5.32 Å². The molecule has 118 valence electrons. The monoisotopic (exact) mass is 301 g/mol. The summed E-state index contributed by atoms with van der Waals surface area (Å²) in [6.45, 7) is 0. The molecule has 2 N–H and O–H groups in total. The van der Waals surface area contributed by atoms with Crippen molar-refractivity contribution in [2.45, 2.75) is 44.6 Å². The lowest BCUT2D eigenvalue weighted by atomic mass is 9.80. The van der Waals surface area contributed by atoms with Crippen LogP contribution in [-0.2, 0) is 16.0 Å². The van der Waals surface area contributed by atoms with E-state index in [-0.39, 0.29) is 17.9 Å². The van der Waals surface area contributed by atoms with Crippen molar-refractivity contribution < 1.29 is 14.7 Å². The number of carbonyl (C=O) groups excluding carboxylic acids is 1. The number of carboxylic acid groups (broad SMARTS) is 1. The molecule has 1 aromatic carbocycles. The second kappa shape index (κ2) is 6.51. The molecule has 4 unspecified atom stereocenters. The first-order chi connectivity index (χ1) is 10.6. The van der Waals surface area contributed by atoms with Crippen LogP contribution in [0, 0.1) is 17.8 Å². The van der Waals surface area contributed by atoms with Crippen molar-refractivity contribution in [3.8, 4) is 0 Å². The highest BCUT2D eigenvalue weighted by Crippen LogP contribution is 2.39. The Kier molecular flexibility index (Phi) is 4.46. The molecule has 4 atom stereocenters. The van der Waals surface area contributed by atoms with Crippen LogP contribution < -0.4 is 5.32 Å². The summed E-state index contributed by atoms with van der Waals surface area (Å²) in [4.78, 5) is 23.1. The Labute approximate surface area is 130 Å². The van der Waals surface area contributed by atoms with Crippen molar-refractivity contribution in [3.63, 3.8) is 0 Å². The van der Waals surface area contributed by atoms with Crippen LogP contribution in [0.5, 0.6) is 0 Å². The maximum atomic E-state index is 12.2. The third-order valence-corrected chi connectivity index (χ3v) is 5.02. The number of amides is 1. The zero-order valence-corrected chi connectivity index (χ0v) is 12.7. The number of carbonyl (C=O) groups is 2. The zero-order valence-electron chi connectivity index (χ0n) is 12.7. The van der Waals surface area contributed by atoms with E-state index in [0.29, 0.717) is 12.3 Å². The SMILES string of the molecule is O=C(O)C1CC1C(=O)NC1CCCCC1Cc1ccccc1. The van der Waals surface area contributed by atoms with Gasteiger partial charge in [-0.3, -0.25) is 9.59 Å². The summed E-state index contributed by atoms with van der Waals surface area (Å²) >= 11 is 0. The van der Waals surface area contributed by atoms with E-state index < -0.39 is 11.9 Å². The fourth-order valence-electron chi connectivity index (χ4n) is 3.61. The minimum atomic E-state index is -0.843. The lowest BCUT2D eigenvalue weighted by molar-refractivity contribution is -0.140. The molecule has 0 saturated heterocycles. The van der Waals surface area contributed by atoms with E-state index in [1.165, 1.54) is 12.0 Å². The van der Waals surface area contributed by atoms with E-state index in [1.807, 2.05) is 18.2 Å². The van der Waals surface area contributed by atoms with Gasteiger partial charge in [0.2, 0.25) is 5.91 Å². The Morgan fingerprint density at radius 2 is 1.82 bits per heavy atom. The molecule has 2 fully saturated rings. The average Bonchev–Trinajstić information content (AvgIpc) is 3.31. The summed E-state index contributed by atoms with van der Waals surface area (Å²) in [5, 5.41) is 12.1. The fraction of sp³-hybridized carbons (Fsp3) is 0.556. The molecule has 0 aliphatic heterocycles. The van der Waals surface area contributed by atoms with Crippen LogP contribution in [0.25, 0.3) is 0 Å². The standard InChI is InChI=1S/C18H23NO3/c20-17(14-11-15(14)18(21)22)19-16-9-5-4-8-13(16)10-12-6-2-1-3-7-12/h1-3,6-7,13-16H,4-5,8-11H2,(H,19,20)(H,21,22). The molecule has 1 amide bonds. The predicted octanol–water partition coefficient (Wildman–Crippen LogP) is 2.62. The van der Waals surface area contributed by atoms with Gasteiger partial charge in [-0.15, -0.1) is 0 Å². The molecule has 4 nitrogen and oxygen atoms in total. The highest BCUT2D eigenvalue weighted by molar-refractivity contribution is 5.89. The van der Waals surface area contributed by atoms with E-state index in [0.717, 1.165) is 25.7 Å². The van der Waals surface area contributed by atoms with Crippen molar-refractivity contribution >= 4 is 11.9 Å². The van der Waals surface area contributed by atoms with E-state index in [9.17, 15) is 9.59 Å². The highest BCUT2D eigenvalue weighted by Gasteiger charge is 2.48. The molecule has 0 aromatic heterocycles. The van der Waals surface area contributed by atoms with Crippen molar-refractivity contribution in [2.24, 2.45) is 17.8 Å². The van der Waals surface area contributed by atoms with Crippen LogP contribution in [0.2, 0.25) is 0 Å². The number of aliphatic carboxylic acids is 1. The number of carboxylic acids is 1. The van der Waals surface area contributed by atoms with Crippen LogP contribution in [0.4, 0.5) is 0 Å². The summed E-state index contributed by atoms with van der Waals surface area (Å²) in [7, 11) is 0. The molecule has 22 heavy (non-hydrogen) atoms. The molecule has 4 heteroatoms. The largest absolute Gasteiger partial charge is 0.481 e. The van der Waals surface area contributed by atoms with Crippen molar-refractivity contribution in [1.29, 1.82) is 0 Å². The van der Waals surface area contributed by atoms with Gasteiger partial charge in [-0.25, -0.2) is 0 Å². The highest BCUT2D eigenvalue weighted by atomic mass is 16.4. The first kappa shape index (κ1) is 15.1. The van der Waals surface area contributed by atoms with E-state index >= 15 is 0 Å². The molecule has 0 radical (unpaired) electrons. The Balaban J connectivity index is 1.58. The predicted molar refractivity (Wildman–Crippen MR) is 83.3 cm³/mol. The van der Waals surface area contributed by atoms with Crippen LogP contribution >= 0.6 is 0 Å². The van der Waals surface area contributed by atoms with Gasteiger partial charge in [0, 0.05) is 6.04 Å². The van der Waals surface area contributed by atoms with E-state index in [4.69, 9.17) is 5.11 Å². The minimum absolute atomic E-state index is 0.0580. The van der Waals surface area contributed by atoms with Crippen LogP contribution in [-0.4, -0.2) is 23.0 Å². The lowest BCUT2D eigenvalue weighted by Gasteiger charge is -2.32. The molecule has 0 spiro atoms. The van der Waals surface area contributed by atoms with Crippen molar-refractivity contribution in [3.05, 3.63) is 35.9 Å². The molecule has 0 bridgehead atoms. The van der Waals surface area contributed by atoms with Gasteiger partial charge >= 0.3 is 5.97 Å². The average molecular weight is 301 g/mol.